The Morgan fingerprint density at radius 2 is 2.00 bits per heavy atom. The Balaban J connectivity index is 0.00000176. The third-order valence-corrected chi connectivity index (χ3v) is 5.03. The SMILES string of the molecule is Cl.O=C(CCC1CCNC1)NC1CCCC1c1ccccc1. The molecule has 1 aliphatic heterocycles. The average Bonchev–Trinajstić information content (AvgIpc) is 3.17. The summed E-state index contributed by atoms with van der Waals surface area (Å²) in [7, 11) is 0. The molecular weight excluding hydrogens is 296 g/mol. The molecule has 0 aromatic heterocycles. The van der Waals surface area contributed by atoms with E-state index in [9.17, 15) is 4.79 Å². The number of nitrogens with one attached hydrogen (secondary N) is 2. The Labute approximate surface area is 139 Å². The van der Waals surface area contributed by atoms with Gasteiger partial charge in [-0.1, -0.05) is 36.8 Å². The number of carbonyl (C=O) groups excluding carboxylic acids is 1. The van der Waals surface area contributed by atoms with Crippen LogP contribution >= 0.6 is 12.4 Å². The summed E-state index contributed by atoms with van der Waals surface area (Å²) in [4.78, 5) is 12.2. The minimum atomic E-state index is 0. The van der Waals surface area contributed by atoms with Crippen LogP contribution in [0.5, 0.6) is 0 Å². The van der Waals surface area contributed by atoms with E-state index in [4.69, 9.17) is 0 Å². The smallest absolute Gasteiger partial charge is 0.220 e. The summed E-state index contributed by atoms with van der Waals surface area (Å²) in [5.41, 5.74) is 1.38. The molecule has 2 fully saturated rings. The number of carbonyl (C=O) groups is 1. The first kappa shape index (κ1) is 17.3. The number of rotatable bonds is 5. The molecule has 22 heavy (non-hydrogen) atoms. The molecule has 0 bridgehead atoms. The van der Waals surface area contributed by atoms with Gasteiger partial charge in [-0.05, 0) is 50.3 Å². The highest BCUT2D eigenvalue weighted by Gasteiger charge is 2.29. The second-order valence-electron chi connectivity index (χ2n) is 6.52. The molecule has 0 radical (unpaired) electrons. The van der Waals surface area contributed by atoms with Crippen molar-refractivity contribution in [3.05, 3.63) is 35.9 Å². The lowest BCUT2D eigenvalue weighted by atomic mass is 9.94. The summed E-state index contributed by atoms with van der Waals surface area (Å²) >= 11 is 0. The van der Waals surface area contributed by atoms with Gasteiger partial charge in [-0.3, -0.25) is 4.79 Å². The van der Waals surface area contributed by atoms with Crippen LogP contribution in [0.15, 0.2) is 30.3 Å². The number of halogens is 1. The number of amides is 1. The lowest BCUT2D eigenvalue weighted by Gasteiger charge is -2.21. The van der Waals surface area contributed by atoms with Crippen LogP contribution in [0.2, 0.25) is 0 Å². The summed E-state index contributed by atoms with van der Waals surface area (Å²) in [5, 5.41) is 6.66. The predicted molar refractivity (Wildman–Crippen MR) is 92.4 cm³/mol. The summed E-state index contributed by atoms with van der Waals surface area (Å²) in [6, 6.07) is 11.0. The standard InChI is InChI=1S/C18H26N2O.ClH/c21-18(10-9-14-11-12-19-13-14)20-17-8-4-7-16(17)15-5-2-1-3-6-15;/h1-3,5-6,14,16-17,19H,4,7-13H2,(H,20,21);1H. The van der Waals surface area contributed by atoms with Gasteiger partial charge in [0.05, 0.1) is 0 Å². The van der Waals surface area contributed by atoms with Gasteiger partial charge in [0, 0.05) is 18.4 Å². The first-order chi connectivity index (χ1) is 10.3. The van der Waals surface area contributed by atoms with E-state index in [1.54, 1.807) is 0 Å². The lowest BCUT2D eigenvalue weighted by Crippen LogP contribution is -2.36. The van der Waals surface area contributed by atoms with Gasteiger partial charge in [0.15, 0.2) is 0 Å². The van der Waals surface area contributed by atoms with Crippen molar-refractivity contribution in [1.29, 1.82) is 0 Å². The van der Waals surface area contributed by atoms with Crippen LogP contribution in [0.4, 0.5) is 0 Å². The van der Waals surface area contributed by atoms with Crippen LogP contribution in [-0.4, -0.2) is 25.0 Å². The van der Waals surface area contributed by atoms with Gasteiger partial charge in [-0.15, -0.1) is 12.4 Å². The lowest BCUT2D eigenvalue weighted by molar-refractivity contribution is -0.122. The van der Waals surface area contributed by atoms with E-state index >= 15 is 0 Å². The van der Waals surface area contributed by atoms with E-state index in [0.717, 1.165) is 25.9 Å². The van der Waals surface area contributed by atoms with Crippen molar-refractivity contribution in [2.45, 2.75) is 50.5 Å². The summed E-state index contributed by atoms with van der Waals surface area (Å²) in [6.45, 7) is 2.20. The van der Waals surface area contributed by atoms with E-state index in [1.807, 2.05) is 0 Å². The molecule has 1 amide bonds. The minimum Gasteiger partial charge on any atom is -0.353 e. The number of hydrogen-bond acceptors (Lipinski definition) is 2. The maximum absolute atomic E-state index is 12.2. The highest BCUT2D eigenvalue weighted by molar-refractivity contribution is 5.85. The first-order valence-corrected chi connectivity index (χ1v) is 8.38. The number of benzene rings is 1. The highest BCUT2D eigenvalue weighted by Crippen LogP contribution is 2.34. The first-order valence-electron chi connectivity index (χ1n) is 8.38. The van der Waals surface area contributed by atoms with E-state index in [0.29, 0.717) is 24.3 Å². The molecular formula is C18H27ClN2O. The monoisotopic (exact) mass is 322 g/mol. The zero-order chi connectivity index (χ0) is 14.5. The molecule has 4 heteroatoms. The van der Waals surface area contributed by atoms with Crippen LogP contribution in [-0.2, 0) is 4.79 Å². The largest absolute Gasteiger partial charge is 0.353 e. The average molecular weight is 323 g/mol. The Morgan fingerprint density at radius 1 is 1.18 bits per heavy atom. The molecule has 1 aliphatic carbocycles. The molecule has 3 unspecified atom stereocenters. The van der Waals surface area contributed by atoms with Crippen molar-refractivity contribution in [1.82, 2.24) is 10.6 Å². The second kappa shape index (κ2) is 8.54. The Hall–Kier alpha value is -1.06. The zero-order valence-electron chi connectivity index (χ0n) is 13.1. The van der Waals surface area contributed by atoms with E-state index < -0.39 is 0 Å². The van der Waals surface area contributed by atoms with Crippen LogP contribution in [0.1, 0.15) is 50.0 Å². The van der Waals surface area contributed by atoms with Gasteiger partial charge >= 0.3 is 0 Å². The quantitative estimate of drug-likeness (QED) is 0.873. The van der Waals surface area contributed by atoms with Gasteiger partial charge in [0.25, 0.3) is 0 Å². The zero-order valence-corrected chi connectivity index (χ0v) is 13.9. The van der Waals surface area contributed by atoms with Crippen molar-refractivity contribution >= 4 is 18.3 Å². The predicted octanol–water partition coefficient (Wildman–Crippen LogP) is 3.25. The van der Waals surface area contributed by atoms with Crippen LogP contribution in [0, 0.1) is 5.92 Å². The molecule has 1 heterocycles. The highest BCUT2D eigenvalue weighted by atomic mass is 35.5. The third kappa shape index (κ3) is 4.47. The molecule has 1 aromatic carbocycles. The number of hydrogen-bond donors (Lipinski definition) is 2. The fraction of sp³-hybridized carbons (Fsp3) is 0.611. The third-order valence-electron chi connectivity index (χ3n) is 5.03. The molecule has 1 saturated heterocycles. The normalized spacial score (nSPS) is 27.4. The van der Waals surface area contributed by atoms with Crippen molar-refractivity contribution in [3.63, 3.8) is 0 Å². The molecule has 1 saturated carbocycles. The van der Waals surface area contributed by atoms with Gasteiger partial charge in [-0.25, -0.2) is 0 Å². The van der Waals surface area contributed by atoms with Crippen molar-refractivity contribution < 1.29 is 4.79 Å². The molecule has 0 spiro atoms. The maximum Gasteiger partial charge on any atom is 0.220 e. The van der Waals surface area contributed by atoms with E-state index in [1.165, 1.54) is 24.8 Å². The van der Waals surface area contributed by atoms with Gasteiger partial charge < -0.3 is 10.6 Å². The molecule has 122 valence electrons. The van der Waals surface area contributed by atoms with Crippen LogP contribution in [0.25, 0.3) is 0 Å². The van der Waals surface area contributed by atoms with Gasteiger partial charge in [0.2, 0.25) is 5.91 Å². The minimum absolute atomic E-state index is 0. The molecule has 3 rings (SSSR count). The molecule has 2 aliphatic rings. The van der Waals surface area contributed by atoms with Crippen molar-refractivity contribution in [2.75, 3.05) is 13.1 Å². The Kier molecular flexibility index (Phi) is 6.71. The molecule has 2 N–H and O–H groups in total. The fourth-order valence-corrected chi connectivity index (χ4v) is 3.81. The van der Waals surface area contributed by atoms with Crippen LogP contribution in [0.3, 0.4) is 0 Å². The van der Waals surface area contributed by atoms with Crippen LogP contribution < -0.4 is 10.6 Å². The summed E-state index contributed by atoms with van der Waals surface area (Å²) in [6.07, 6.45) is 6.48. The Morgan fingerprint density at radius 3 is 2.73 bits per heavy atom. The summed E-state index contributed by atoms with van der Waals surface area (Å²) < 4.78 is 0. The van der Waals surface area contributed by atoms with Crippen molar-refractivity contribution in [2.24, 2.45) is 5.92 Å². The molecule has 3 nitrogen and oxygen atoms in total. The molecule has 1 aromatic rings. The Bertz CT molecular complexity index is 459. The van der Waals surface area contributed by atoms with Gasteiger partial charge in [0.1, 0.15) is 0 Å². The fourth-order valence-electron chi connectivity index (χ4n) is 3.81. The molecule has 3 atom stereocenters. The van der Waals surface area contributed by atoms with E-state index in [2.05, 4.69) is 41.0 Å². The maximum atomic E-state index is 12.2. The van der Waals surface area contributed by atoms with E-state index in [-0.39, 0.29) is 18.3 Å². The topological polar surface area (TPSA) is 41.1 Å². The van der Waals surface area contributed by atoms with Crippen molar-refractivity contribution in [3.8, 4) is 0 Å². The summed E-state index contributed by atoms with van der Waals surface area (Å²) in [5.74, 6) is 1.45. The second-order valence-corrected chi connectivity index (χ2v) is 6.52. The van der Waals surface area contributed by atoms with Gasteiger partial charge in [-0.2, -0.15) is 0 Å².